The largest absolute Gasteiger partial charge is 0.316 e. The summed E-state index contributed by atoms with van der Waals surface area (Å²) >= 11 is 1.61. The highest BCUT2D eigenvalue weighted by atomic mass is 32.2. The van der Waals surface area contributed by atoms with Gasteiger partial charge in [-0.05, 0) is 37.9 Å². The van der Waals surface area contributed by atoms with E-state index in [1.54, 1.807) is 17.8 Å². The molecule has 1 saturated carbocycles. The van der Waals surface area contributed by atoms with Crippen molar-refractivity contribution < 1.29 is 4.39 Å². The molecule has 0 aromatic heterocycles. The van der Waals surface area contributed by atoms with E-state index in [2.05, 4.69) is 5.32 Å². The molecule has 1 N–H and O–H groups in total. The Kier molecular flexibility index (Phi) is 3.65. The van der Waals surface area contributed by atoms with Crippen LogP contribution >= 0.6 is 11.8 Å². The fourth-order valence-corrected chi connectivity index (χ4v) is 2.87. The van der Waals surface area contributed by atoms with Crippen molar-refractivity contribution in [2.75, 3.05) is 12.8 Å². The summed E-state index contributed by atoms with van der Waals surface area (Å²) in [5.74, 6) is 1.67. The van der Waals surface area contributed by atoms with Crippen molar-refractivity contribution in [3.05, 3.63) is 30.1 Å². The lowest BCUT2D eigenvalue weighted by Crippen LogP contribution is -2.29. The Balaban J connectivity index is 1.89. The normalized spacial score (nSPS) is 17.7. The molecule has 0 amide bonds. The molecule has 0 aliphatic heterocycles. The molecule has 0 heterocycles. The Morgan fingerprint density at radius 3 is 2.80 bits per heavy atom. The molecule has 1 aliphatic carbocycles. The molecule has 1 aromatic rings. The van der Waals surface area contributed by atoms with Crippen molar-refractivity contribution in [3.8, 4) is 0 Å². The minimum atomic E-state index is -0.104. The topological polar surface area (TPSA) is 12.0 Å². The minimum Gasteiger partial charge on any atom is -0.316 e. The van der Waals surface area contributed by atoms with Crippen molar-refractivity contribution in [1.29, 1.82) is 0 Å². The van der Waals surface area contributed by atoms with Crippen molar-refractivity contribution in [1.82, 2.24) is 5.32 Å². The second-order valence-corrected chi connectivity index (χ2v) is 5.04. The summed E-state index contributed by atoms with van der Waals surface area (Å²) in [6.07, 6.45) is 2.65. The summed E-state index contributed by atoms with van der Waals surface area (Å²) in [6, 6.07) is 7.52. The van der Waals surface area contributed by atoms with Crippen LogP contribution in [0.1, 0.15) is 12.8 Å². The monoisotopic (exact) mass is 225 g/mol. The molecule has 0 spiro atoms. The SMILES string of the molecule is CNC(CSc1ccccc1F)C1CC1. The van der Waals surface area contributed by atoms with Gasteiger partial charge < -0.3 is 5.32 Å². The van der Waals surface area contributed by atoms with Gasteiger partial charge in [-0.15, -0.1) is 11.8 Å². The zero-order valence-electron chi connectivity index (χ0n) is 8.87. The predicted molar refractivity (Wildman–Crippen MR) is 62.7 cm³/mol. The van der Waals surface area contributed by atoms with Crippen molar-refractivity contribution in [2.24, 2.45) is 5.92 Å². The molecular weight excluding hydrogens is 209 g/mol. The third-order valence-corrected chi connectivity index (χ3v) is 3.98. The van der Waals surface area contributed by atoms with E-state index in [0.717, 1.165) is 16.6 Å². The van der Waals surface area contributed by atoms with Gasteiger partial charge in [-0.25, -0.2) is 4.39 Å². The first kappa shape index (κ1) is 11.0. The predicted octanol–water partition coefficient (Wildman–Crippen LogP) is 2.92. The van der Waals surface area contributed by atoms with Gasteiger partial charge in [-0.1, -0.05) is 12.1 Å². The molecular formula is C12H16FNS. The zero-order valence-corrected chi connectivity index (χ0v) is 9.69. The van der Waals surface area contributed by atoms with Gasteiger partial charge in [-0.3, -0.25) is 0 Å². The molecule has 1 fully saturated rings. The summed E-state index contributed by atoms with van der Waals surface area (Å²) < 4.78 is 13.3. The molecule has 15 heavy (non-hydrogen) atoms. The average molecular weight is 225 g/mol. The lowest BCUT2D eigenvalue weighted by molar-refractivity contribution is 0.552. The number of thioether (sulfide) groups is 1. The van der Waals surface area contributed by atoms with Gasteiger partial charge in [-0.2, -0.15) is 0 Å². The number of hydrogen-bond donors (Lipinski definition) is 1. The highest BCUT2D eigenvalue weighted by Gasteiger charge is 2.29. The van der Waals surface area contributed by atoms with Gasteiger partial charge in [0.15, 0.2) is 0 Å². The van der Waals surface area contributed by atoms with Crippen LogP contribution in [0.4, 0.5) is 4.39 Å². The van der Waals surface area contributed by atoms with Gasteiger partial charge in [0.1, 0.15) is 5.82 Å². The molecule has 2 rings (SSSR count). The van der Waals surface area contributed by atoms with Gasteiger partial charge in [0.05, 0.1) is 0 Å². The molecule has 3 heteroatoms. The Morgan fingerprint density at radius 1 is 1.47 bits per heavy atom. The highest BCUT2D eigenvalue weighted by molar-refractivity contribution is 7.99. The lowest BCUT2D eigenvalue weighted by atomic mass is 10.2. The van der Waals surface area contributed by atoms with Crippen molar-refractivity contribution in [2.45, 2.75) is 23.8 Å². The second kappa shape index (κ2) is 4.99. The quantitative estimate of drug-likeness (QED) is 0.773. The van der Waals surface area contributed by atoms with E-state index in [1.165, 1.54) is 18.9 Å². The summed E-state index contributed by atoms with van der Waals surface area (Å²) in [4.78, 5) is 0.762. The number of rotatable bonds is 5. The molecule has 1 aromatic carbocycles. The van der Waals surface area contributed by atoms with E-state index in [0.29, 0.717) is 6.04 Å². The van der Waals surface area contributed by atoms with Gasteiger partial charge in [0, 0.05) is 16.7 Å². The van der Waals surface area contributed by atoms with E-state index in [1.807, 2.05) is 19.2 Å². The molecule has 82 valence electrons. The number of hydrogen-bond acceptors (Lipinski definition) is 2. The first-order valence-corrected chi connectivity index (χ1v) is 6.34. The van der Waals surface area contributed by atoms with E-state index in [-0.39, 0.29) is 5.82 Å². The standard InChI is InChI=1S/C12H16FNS/c1-14-11(9-6-7-9)8-15-12-5-3-2-4-10(12)13/h2-5,9,11,14H,6-8H2,1H3. The van der Waals surface area contributed by atoms with Crippen LogP contribution in [-0.2, 0) is 0 Å². The average Bonchev–Trinajstić information content (AvgIpc) is 3.06. The molecule has 0 bridgehead atoms. The van der Waals surface area contributed by atoms with E-state index in [9.17, 15) is 4.39 Å². The summed E-state index contributed by atoms with van der Waals surface area (Å²) in [5, 5.41) is 3.31. The Morgan fingerprint density at radius 2 is 2.20 bits per heavy atom. The fourth-order valence-electron chi connectivity index (χ4n) is 1.70. The van der Waals surface area contributed by atoms with Crippen molar-refractivity contribution >= 4 is 11.8 Å². The molecule has 1 aliphatic rings. The molecule has 1 unspecified atom stereocenters. The maximum atomic E-state index is 13.3. The summed E-state index contributed by atoms with van der Waals surface area (Å²) in [5.41, 5.74) is 0. The van der Waals surface area contributed by atoms with Gasteiger partial charge in [0.2, 0.25) is 0 Å². The maximum absolute atomic E-state index is 13.3. The third kappa shape index (κ3) is 2.95. The Hall–Kier alpha value is -0.540. The lowest BCUT2D eigenvalue weighted by Gasteiger charge is -2.14. The highest BCUT2D eigenvalue weighted by Crippen LogP contribution is 2.35. The van der Waals surface area contributed by atoms with Crippen LogP contribution < -0.4 is 5.32 Å². The molecule has 1 atom stereocenters. The second-order valence-electron chi connectivity index (χ2n) is 3.97. The molecule has 1 nitrogen and oxygen atoms in total. The van der Waals surface area contributed by atoms with E-state index in [4.69, 9.17) is 0 Å². The molecule has 0 radical (unpaired) electrons. The number of benzene rings is 1. The van der Waals surface area contributed by atoms with Crippen LogP contribution in [0.5, 0.6) is 0 Å². The van der Waals surface area contributed by atoms with Gasteiger partial charge >= 0.3 is 0 Å². The molecule has 0 saturated heterocycles. The fraction of sp³-hybridized carbons (Fsp3) is 0.500. The van der Waals surface area contributed by atoms with Gasteiger partial charge in [0.25, 0.3) is 0 Å². The third-order valence-electron chi connectivity index (χ3n) is 2.82. The summed E-state index contributed by atoms with van der Waals surface area (Å²) in [7, 11) is 1.99. The Bertz CT molecular complexity index is 325. The van der Waals surface area contributed by atoms with Crippen LogP contribution in [0.15, 0.2) is 29.2 Å². The summed E-state index contributed by atoms with van der Waals surface area (Å²) in [6.45, 7) is 0. The minimum absolute atomic E-state index is 0.104. The maximum Gasteiger partial charge on any atom is 0.136 e. The smallest absolute Gasteiger partial charge is 0.136 e. The van der Waals surface area contributed by atoms with Crippen LogP contribution in [0, 0.1) is 11.7 Å². The first-order chi connectivity index (χ1) is 7.31. The van der Waals surface area contributed by atoms with E-state index < -0.39 is 0 Å². The van der Waals surface area contributed by atoms with Crippen LogP contribution in [0.25, 0.3) is 0 Å². The van der Waals surface area contributed by atoms with Crippen LogP contribution in [0.2, 0.25) is 0 Å². The first-order valence-electron chi connectivity index (χ1n) is 5.36. The van der Waals surface area contributed by atoms with Crippen molar-refractivity contribution in [3.63, 3.8) is 0 Å². The number of halogens is 1. The van der Waals surface area contributed by atoms with E-state index >= 15 is 0 Å². The van der Waals surface area contributed by atoms with Crippen LogP contribution in [-0.4, -0.2) is 18.8 Å². The number of nitrogens with one attached hydrogen (secondary N) is 1. The zero-order chi connectivity index (χ0) is 10.7. The Labute approximate surface area is 94.5 Å². The van der Waals surface area contributed by atoms with Crippen LogP contribution in [0.3, 0.4) is 0 Å².